The van der Waals surface area contributed by atoms with Crippen LogP contribution in [0.3, 0.4) is 0 Å². The molecule has 0 bridgehead atoms. The van der Waals surface area contributed by atoms with Crippen LogP contribution in [0, 0.1) is 0 Å². The van der Waals surface area contributed by atoms with E-state index in [9.17, 15) is 9.59 Å². The number of benzene rings is 1. The third kappa shape index (κ3) is 3.95. The van der Waals surface area contributed by atoms with Crippen molar-refractivity contribution in [1.29, 1.82) is 0 Å². The number of carbonyl (C=O) groups excluding carboxylic acids is 2. The molecule has 0 aromatic heterocycles. The molecule has 3 heterocycles. The van der Waals surface area contributed by atoms with Crippen molar-refractivity contribution >= 4 is 30.3 Å². The van der Waals surface area contributed by atoms with Crippen molar-refractivity contribution in [3.8, 4) is 11.5 Å². The van der Waals surface area contributed by atoms with Gasteiger partial charge in [-0.05, 0) is 25.0 Å². The number of rotatable bonds is 3. The lowest BCUT2D eigenvalue weighted by molar-refractivity contribution is -0.139. The summed E-state index contributed by atoms with van der Waals surface area (Å²) in [5, 5.41) is 3.10. The lowest BCUT2D eigenvalue weighted by Gasteiger charge is -2.41. The fourth-order valence-electron chi connectivity index (χ4n) is 4.07. The Kier molecular flexibility index (Phi) is 6.46. The average molecular weight is 408 g/mol. The zero-order valence-corrected chi connectivity index (χ0v) is 16.8. The maximum absolute atomic E-state index is 13.1. The first-order valence-electron chi connectivity index (χ1n) is 9.47. The second-order valence-electron chi connectivity index (χ2n) is 7.15. The van der Waals surface area contributed by atoms with E-state index in [1.807, 2.05) is 34.1 Å². The van der Waals surface area contributed by atoms with E-state index in [4.69, 9.17) is 9.47 Å². The minimum atomic E-state index is -0.00393. The van der Waals surface area contributed by atoms with Crippen LogP contribution in [0.15, 0.2) is 23.8 Å². The number of amides is 2. The Hall–Kier alpha value is -2.25. The van der Waals surface area contributed by atoms with E-state index in [1.165, 1.54) is 0 Å². The Morgan fingerprint density at radius 1 is 1.32 bits per heavy atom. The number of piperazine rings is 1. The van der Waals surface area contributed by atoms with Gasteiger partial charge in [-0.25, -0.2) is 0 Å². The van der Waals surface area contributed by atoms with Crippen LogP contribution in [0.25, 0.3) is 6.08 Å². The van der Waals surface area contributed by atoms with Crippen LogP contribution in [-0.4, -0.2) is 74.1 Å². The highest BCUT2D eigenvalue weighted by Gasteiger charge is 2.33. The van der Waals surface area contributed by atoms with Crippen LogP contribution in [0.2, 0.25) is 0 Å². The van der Waals surface area contributed by atoms with Gasteiger partial charge in [-0.2, -0.15) is 0 Å². The summed E-state index contributed by atoms with van der Waals surface area (Å²) in [7, 11) is 1.61. The average Bonchev–Trinajstić information content (AvgIpc) is 2.72. The molecule has 3 aliphatic rings. The molecule has 0 saturated carbocycles. The molecule has 2 amide bonds. The summed E-state index contributed by atoms with van der Waals surface area (Å²) in [5.74, 6) is 1.47. The van der Waals surface area contributed by atoms with Crippen LogP contribution in [0.4, 0.5) is 0 Å². The van der Waals surface area contributed by atoms with Gasteiger partial charge in [-0.1, -0.05) is 12.1 Å². The topological polar surface area (TPSA) is 71.1 Å². The molecule has 0 spiro atoms. The van der Waals surface area contributed by atoms with Gasteiger partial charge in [0.15, 0.2) is 11.5 Å². The summed E-state index contributed by atoms with van der Waals surface area (Å²) in [6.45, 7) is 3.46. The number of fused-ring (bicyclic) bond motifs is 1. The molecule has 1 aromatic carbocycles. The molecule has 4 rings (SSSR count). The summed E-state index contributed by atoms with van der Waals surface area (Å²) in [4.78, 5) is 29.0. The zero-order valence-electron chi connectivity index (χ0n) is 16.0. The van der Waals surface area contributed by atoms with Crippen LogP contribution in [0.5, 0.6) is 11.5 Å². The quantitative estimate of drug-likeness (QED) is 0.818. The van der Waals surface area contributed by atoms with E-state index >= 15 is 0 Å². The first kappa shape index (κ1) is 20.5. The van der Waals surface area contributed by atoms with Crippen molar-refractivity contribution in [2.45, 2.75) is 18.9 Å². The standard InChI is InChI=1S/C20H25N3O4.ClH/c1-26-17-6-2-4-14-10-15(13-27-19(14)17)20(25)22-8-3-5-16(12-22)23-9-7-21-11-18(23)24;/h2,4,6,10,16,21H,3,5,7-9,11-13H2,1H3;1H. The Balaban J connectivity index is 0.00000225. The van der Waals surface area contributed by atoms with Gasteiger partial charge in [0.25, 0.3) is 5.91 Å². The van der Waals surface area contributed by atoms with Gasteiger partial charge in [-0.3, -0.25) is 9.59 Å². The largest absolute Gasteiger partial charge is 0.493 e. The third-order valence-corrected chi connectivity index (χ3v) is 5.46. The van der Waals surface area contributed by atoms with Gasteiger partial charge < -0.3 is 24.6 Å². The first-order valence-corrected chi connectivity index (χ1v) is 9.47. The van der Waals surface area contributed by atoms with Gasteiger partial charge in [0.1, 0.15) is 6.61 Å². The lowest BCUT2D eigenvalue weighted by atomic mass is 10.0. The molecule has 8 heteroatoms. The fraction of sp³-hybridized carbons (Fsp3) is 0.500. The molecular weight excluding hydrogens is 382 g/mol. The maximum atomic E-state index is 13.1. The van der Waals surface area contributed by atoms with Gasteiger partial charge in [-0.15, -0.1) is 12.4 Å². The molecule has 0 aliphatic carbocycles. The van der Waals surface area contributed by atoms with Gasteiger partial charge in [0, 0.05) is 37.8 Å². The Labute approximate surface area is 171 Å². The number of hydrogen-bond acceptors (Lipinski definition) is 5. The number of methoxy groups -OCH3 is 1. The van der Waals surface area contributed by atoms with Crippen LogP contribution >= 0.6 is 12.4 Å². The molecule has 0 radical (unpaired) electrons. The Morgan fingerprint density at radius 3 is 2.96 bits per heavy atom. The number of para-hydroxylation sites is 1. The van der Waals surface area contributed by atoms with Crippen molar-refractivity contribution in [1.82, 2.24) is 15.1 Å². The Bertz CT molecular complexity index is 783. The summed E-state index contributed by atoms with van der Waals surface area (Å²) in [6, 6.07) is 5.76. The van der Waals surface area contributed by atoms with E-state index in [0.717, 1.165) is 31.5 Å². The highest BCUT2D eigenvalue weighted by molar-refractivity contribution is 5.99. The fourth-order valence-corrected chi connectivity index (χ4v) is 4.07. The Morgan fingerprint density at radius 2 is 2.18 bits per heavy atom. The van der Waals surface area contributed by atoms with Crippen molar-refractivity contribution in [3.63, 3.8) is 0 Å². The summed E-state index contributed by atoms with van der Waals surface area (Å²) >= 11 is 0. The maximum Gasteiger partial charge on any atom is 0.253 e. The molecule has 152 valence electrons. The number of likely N-dealkylation sites (tertiary alicyclic amines) is 1. The van der Waals surface area contributed by atoms with Crippen molar-refractivity contribution in [3.05, 3.63) is 29.3 Å². The number of carbonyl (C=O) groups is 2. The molecular formula is C20H26ClN3O4. The monoisotopic (exact) mass is 407 g/mol. The van der Waals surface area contributed by atoms with E-state index in [2.05, 4.69) is 5.32 Å². The number of halogens is 1. The highest BCUT2D eigenvalue weighted by atomic mass is 35.5. The SMILES string of the molecule is COc1cccc2c1OCC(C(=O)N1CCCC(N3CCNCC3=O)C1)=C2.Cl. The van der Waals surface area contributed by atoms with Crippen LogP contribution in [-0.2, 0) is 9.59 Å². The predicted octanol–water partition coefficient (Wildman–Crippen LogP) is 1.32. The minimum Gasteiger partial charge on any atom is -0.493 e. The number of ether oxygens (including phenoxy) is 2. The number of hydrogen-bond donors (Lipinski definition) is 1. The lowest BCUT2D eigenvalue weighted by Crippen LogP contribution is -2.57. The molecule has 1 atom stereocenters. The molecule has 2 fully saturated rings. The molecule has 1 aromatic rings. The molecule has 2 saturated heterocycles. The molecule has 1 N–H and O–H groups in total. The minimum absolute atomic E-state index is 0. The summed E-state index contributed by atoms with van der Waals surface area (Å²) < 4.78 is 11.1. The van der Waals surface area contributed by atoms with E-state index < -0.39 is 0 Å². The number of nitrogens with one attached hydrogen (secondary N) is 1. The molecule has 28 heavy (non-hydrogen) atoms. The number of nitrogens with zero attached hydrogens (tertiary/aromatic N) is 2. The molecule has 1 unspecified atom stereocenters. The summed E-state index contributed by atoms with van der Waals surface area (Å²) in [6.07, 6.45) is 3.75. The van der Waals surface area contributed by atoms with Crippen LogP contribution < -0.4 is 14.8 Å². The van der Waals surface area contributed by atoms with Crippen LogP contribution in [0.1, 0.15) is 18.4 Å². The zero-order chi connectivity index (χ0) is 18.8. The predicted molar refractivity (Wildman–Crippen MR) is 108 cm³/mol. The van der Waals surface area contributed by atoms with E-state index in [0.29, 0.717) is 36.7 Å². The van der Waals surface area contributed by atoms with Crippen molar-refractivity contribution < 1.29 is 19.1 Å². The van der Waals surface area contributed by atoms with Crippen molar-refractivity contribution in [2.24, 2.45) is 0 Å². The summed E-state index contributed by atoms with van der Waals surface area (Å²) in [5.41, 5.74) is 1.50. The van der Waals surface area contributed by atoms with Crippen molar-refractivity contribution in [2.75, 3.05) is 46.4 Å². The molecule has 3 aliphatic heterocycles. The number of piperidine rings is 1. The highest BCUT2D eigenvalue weighted by Crippen LogP contribution is 2.36. The third-order valence-electron chi connectivity index (χ3n) is 5.46. The molecule has 7 nitrogen and oxygen atoms in total. The van der Waals surface area contributed by atoms with E-state index in [1.54, 1.807) is 7.11 Å². The second kappa shape index (κ2) is 8.84. The first-order chi connectivity index (χ1) is 13.2. The van der Waals surface area contributed by atoms with Gasteiger partial charge >= 0.3 is 0 Å². The van der Waals surface area contributed by atoms with Gasteiger partial charge in [0.05, 0.1) is 19.2 Å². The van der Waals surface area contributed by atoms with E-state index in [-0.39, 0.29) is 36.9 Å². The smallest absolute Gasteiger partial charge is 0.253 e. The normalized spacial score (nSPS) is 21.8. The van der Waals surface area contributed by atoms with Gasteiger partial charge in [0.2, 0.25) is 5.91 Å². The second-order valence-corrected chi connectivity index (χ2v) is 7.15.